The summed E-state index contributed by atoms with van der Waals surface area (Å²) in [4.78, 5) is 23.1. The Morgan fingerprint density at radius 1 is 1.10 bits per heavy atom. The molecule has 0 aromatic heterocycles. The van der Waals surface area contributed by atoms with Crippen LogP contribution < -0.4 is 0 Å². The van der Waals surface area contributed by atoms with E-state index in [0.29, 0.717) is 12.0 Å². The van der Waals surface area contributed by atoms with Gasteiger partial charge in [0.25, 0.3) is 5.60 Å². The molecule has 5 nitrogen and oxygen atoms in total. The van der Waals surface area contributed by atoms with Crippen LogP contribution >= 0.6 is 0 Å². The molecule has 0 aliphatic carbocycles. The first-order chi connectivity index (χ1) is 9.23. The summed E-state index contributed by atoms with van der Waals surface area (Å²) in [7, 11) is 0. The molecule has 0 unspecified atom stereocenters. The second kappa shape index (κ2) is 6.05. The predicted octanol–water partition coefficient (Wildman–Crippen LogP) is 2.34. The van der Waals surface area contributed by atoms with E-state index in [0.717, 1.165) is 0 Å². The molecule has 0 radical (unpaired) electrons. The van der Waals surface area contributed by atoms with Crippen molar-refractivity contribution in [2.45, 2.75) is 44.8 Å². The number of aliphatic carboxylic acids is 2. The molecule has 0 amide bonds. The lowest BCUT2D eigenvalue weighted by Crippen LogP contribution is -2.55. The van der Waals surface area contributed by atoms with Gasteiger partial charge in [-0.15, -0.1) is 0 Å². The topological polar surface area (TPSA) is 83.8 Å². The Morgan fingerprint density at radius 2 is 1.60 bits per heavy atom. The summed E-state index contributed by atoms with van der Waals surface area (Å²) in [6.45, 7) is 5.17. The highest BCUT2D eigenvalue weighted by Crippen LogP contribution is 2.28. The number of rotatable bonds is 7. The third kappa shape index (κ3) is 3.57. The summed E-state index contributed by atoms with van der Waals surface area (Å²) in [6, 6.07) is 8.61. The van der Waals surface area contributed by atoms with Crippen LogP contribution in [0.2, 0.25) is 0 Å². The van der Waals surface area contributed by atoms with Gasteiger partial charge < -0.3 is 14.9 Å². The van der Waals surface area contributed by atoms with Crippen molar-refractivity contribution >= 4 is 11.9 Å². The van der Waals surface area contributed by atoms with E-state index in [-0.39, 0.29) is 6.42 Å². The predicted molar refractivity (Wildman–Crippen MR) is 73.6 cm³/mol. The first-order valence-electron chi connectivity index (χ1n) is 6.44. The first kappa shape index (κ1) is 16.2. The number of carbonyl (C=O) groups is 2. The first-order valence-corrected chi connectivity index (χ1v) is 6.44. The zero-order valence-electron chi connectivity index (χ0n) is 11.9. The fourth-order valence-electron chi connectivity index (χ4n) is 1.79. The van der Waals surface area contributed by atoms with Gasteiger partial charge in [-0.05, 0) is 25.8 Å². The lowest BCUT2D eigenvalue weighted by Gasteiger charge is -2.34. The Labute approximate surface area is 118 Å². The Balaban J connectivity index is 3.19. The zero-order chi connectivity index (χ0) is 15.4. The molecule has 1 aromatic rings. The Kier molecular flexibility index (Phi) is 4.89. The van der Waals surface area contributed by atoms with Crippen LogP contribution in [0.15, 0.2) is 30.3 Å². The third-order valence-electron chi connectivity index (χ3n) is 3.29. The summed E-state index contributed by atoms with van der Waals surface area (Å²) >= 11 is 0. The molecule has 0 atom stereocenters. The number of hydrogen-bond donors (Lipinski definition) is 2. The van der Waals surface area contributed by atoms with E-state index in [9.17, 15) is 19.8 Å². The van der Waals surface area contributed by atoms with E-state index in [2.05, 4.69) is 0 Å². The van der Waals surface area contributed by atoms with Crippen LogP contribution in [-0.4, -0.2) is 33.4 Å². The summed E-state index contributed by atoms with van der Waals surface area (Å²) < 4.78 is 5.50. The second-order valence-electron chi connectivity index (χ2n) is 5.32. The highest BCUT2D eigenvalue weighted by Gasteiger charge is 2.51. The van der Waals surface area contributed by atoms with Gasteiger partial charge in [0.05, 0.1) is 5.60 Å². The summed E-state index contributed by atoms with van der Waals surface area (Å²) in [6.07, 6.45) is 0.284. The van der Waals surface area contributed by atoms with E-state index < -0.39 is 23.1 Å². The molecule has 2 N–H and O–H groups in total. The number of ether oxygens (including phenoxy) is 1. The number of carboxylic acids is 2. The summed E-state index contributed by atoms with van der Waals surface area (Å²) in [5, 5.41) is 18.8. The van der Waals surface area contributed by atoms with Crippen molar-refractivity contribution in [3.05, 3.63) is 35.9 Å². The molecule has 0 saturated carbocycles. The average molecular weight is 280 g/mol. The molecule has 110 valence electrons. The highest BCUT2D eigenvalue weighted by molar-refractivity contribution is 6.02. The Bertz CT molecular complexity index is 464. The van der Waals surface area contributed by atoms with Crippen molar-refractivity contribution in [1.29, 1.82) is 0 Å². The van der Waals surface area contributed by atoms with Crippen LogP contribution in [0.25, 0.3) is 0 Å². The van der Waals surface area contributed by atoms with Crippen molar-refractivity contribution in [3.63, 3.8) is 0 Å². The van der Waals surface area contributed by atoms with Crippen molar-refractivity contribution < 1.29 is 24.5 Å². The van der Waals surface area contributed by atoms with Gasteiger partial charge in [-0.25, -0.2) is 9.59 Å². The minimum Gasteiger partial charge on any atom is -0.479 e. The molecule has 0 heterocycles. The average Bonchev–Trinajstić information content (AvgIpc) is 2.38. The number of hydrogen-bond acceptors (Lipinski definition) is 3. The van der Waals surface area contributed by atoms with Crippen molar-refractivity contribution in [2.24, 2.45) is 0 Å². The monoisotopic (exact) mass is 280 g/mol. The Morgan fingerprint density at radius 3 is 2.00 bits per heavy atom. The number of benzene rings is 1. The molecule has 1 aromatic carbocycles. The fourth-order valence-corrected chi connectivity index (χ4v) is 1.79. The van der Waals surface area contributed by atoms with Crippen LogP contribution in [0.1, 0.15) is 32.8 Å². The van der Waals surface area contributed by atoms with Gasteiger partial charge in [-0.1, -0.05) is 37.3 Å². The summed E-state index contributed by atoms with van der Waals surface area (Å²) in [5.41, 5.74) is -2.52. The molecule has 5 heteroatoms. The molecule has 0 saturated heterocycles. The zero-order valence-corrected chi connectivity index (χ0v) is 11.9. The fraction of sp³-hybridized carbons (Fsp3) is 0.467. The minimum atomic E-state index is -2.28. The van der Waals surface area contributed by atoms with E-state index in [1.54, 1.807) is 44.2 Å². The van der Waals surface area contributed by atoms with E-state index in [1.165, 1.54) is 0 Å². The maximum Gasteiger partial charge on any atom is 0.348 e. The van der Waals surface area contributed by atoms with Gasteiger partial charge in [0.15, 0.2) is 0 Å². The molecule has 0 aliphatic heterocycles. The molecular formula is C15H20O5. The quantitative estimate of drug-likeness (QED) is 0.749. The molecule has 0 spiro atoms. The van der Waals surface area contributed by atoms with Crippen LogP contribution in [-0.2, 0) is 20.7 Å². The van der Waals surface area contributed by atoms with Gasteiger partial charge in [0.1, 0.15) is 0 Å². The van der Waals surface area contributed by atoms with Gasteiger partial charge in [0.2, 0.25) is 0 Å². The lowest BCUT2D eigenvalue weighted by molar-refractivity contribution is -0.202. The van der Waals surface area contributed by atoms with E-state index in [1.807, 2.05) is 6.92 Å². The standard InChI is InChI=1S/C15H20O5/c1-4-14(2,3)20-15(12(16)17,13(18)19)10-11-8-6-5-7-9-11/h5-9H,4,10H2,1-3H3,(H,16,17)(H,18,19). The largest absolute Gasteiger partial charge is 0.479 e. The minimum absolute atomic E-state index is 0.220. The van der Waals surface area contributed by atoms with Crippen LogP contribution in [0.5, 0.6) is 0 Å². The number of carboxylic acid groups (broad SMARTS) is 2. The van der Waals surface area contributed by atoms with Gasteiger partial charge >= 0.3 is 11.9 Å². The SMILES string of the molecule is CCC(C)(C)OC(Cc1ccccc1)(C(=O)O)C(=O)O. The van der Waals surface area contributed by atoms with Gasteiger partial charge in [0, 0.05) is 6.42 Å². The third-order valence-corrected chi connectivity index (χ3v) is 3.29. The van der Waals surface area contributed by atoms with E-state index in [4.69, 9.17) is 4.74 Å². The molecular weight excluding hydrogens is 260 g/mol. The maximum atomic E-state index is 11.6. The normalized spacial score (nSPS) is 12.2. The molecule has 20 heavy (non-hydrogen) atoms. The van der Waals surface area contributed by atoms with Crippen LogP contribution in [0.4, 0.5) is 0 Å². The van der Waals surface area contributed by atoms with Crippen molar-refractivity contribution in [3.8, 4) is 0 Å². The van der Waals surface area contributed by atoms with Crippen LogP contribution in [0.3, 0.4) is 0 Å². The van der Waals surface area contributed by atoms with Gasteiger partial charge in [-0.3, -0.25) is 0 Å². The maximum absolute atomic E-state index is 11.6. The molecule has 0 fully saturated rings. The molecule has 1 rings (SSSR count). The lowest BCUT2D eigenvalue weighted by atomic mass is 9.92. The van der Waals surface area contributed by atoms with Crippen LogP contribution in [0, 0.1) is 0 Å². The Hall–Kier alpha value is -1.88. The van der Waals surface area contributed by atoms with E-state index >= 15 is 0 Å². The molecule has 0 bridgehead atoms. The van der Waals surface area contributed by atoms with Crippen molar-refractivity contribution in [1.82, 2.24) is 0 Å². The van der Waals surface area contributed by atoms with Crippen molar-refractivity contribution in [2.75, 3.05) is 0 Å². The van der Waals surface area contributed by atoms with Gasteiger partial charge in [-0.2, -0.15) is 0 Å². The molecule has 0 aliphatic rings. The highest BCUT2D eigenvalue weighted by atomic mass is 16.6. The summed E-state index contributed by atoms with van der Waals surface area (Å²) in [5.74, 6) is -2.98. The second-order valence-corrected chi connectivity index (χ2v) is 5.32. The smallest absolute Gasteiger partial charge is 0.348 e.